The molecule has 0 bridgehead atoms. The van der Waals surface area contributed by atoms with Crippen LogP contribution in [-0.4, -0.2) is 31.4 Å². The summed E-state index contributed by atoms with van der Waals surface area (Å²) >= 11 is 0. The first kappa shape index (κ1) is 21.8. The average Bonchev–Trinajstić information content (AvgIpc) is 3.40. The summed E-state index contributed by atoms with van der Waals surface area (Å²) in [4.78, 5) is 24.6. The van der Waals surface area contributed by atoms with E-state index in [9.17, 15) is 22.8 Å². The van der Waals surface area contributed by atoms with Crippen molar-refractivity contribution in [3.63, 3.8) is 0 Å². The molecule has 0 saturated carbocycles. The molecule has 0 aliphatic heterocycles. The van der Waals surface area contributed by atoms with Gasteiger partial charge < -0.3 is 11.1 Å². The summed E-state index contributed by atoms with van der Waals surface area (Å²) in [6.07, 6.45) is -3.13. The predicted octanol–water partition coefficient (Wildman–Crippen LogP) is 3.64. The molecule has 2 amide bonds. The maximum Gasteiger partial charge on any atom is 0.417 e. The number of halogens is 3. The van der Waals surface area contributed by atoms with Crippen LogP contribution in [0.1, 0.15) is 26.4 Å². The van der Waals surface area contributed by atoms with Crippen LogP contribution in [0.4, 0.5) is 19.0 Å². The van der Waals surface area contributed by atoms with Crippen molar-refractivity contribution in [1.29, 1.82) is 0 Å². The Bertz CT molecular complexity index is 1340. The van der Waals surface area contributed by atoms with Crippen molar-refractivity contribution in [2.45, 2.75) is 6.18 Å². The Labute approximate surface area is 185 Å². The zero-order valence-electron chi connectivity index (χ0n) is 17.2. The van der Waals surface area contributed by atoms with E-state index in [1.807, 2.05) is 0 Å². The van der Waals surface area contributed by atoms with Crippen molar-refractivity contribution in [3.8, 4) is 16.9 Å². The van der Waals surface area contributed by atoms with Crippen LogP contribution in [0.5, 0.6) is 0 Å². The van der Waals surface area contributed by atoms with Crippen molar-refractivity contribution in [1.82, 2.24) is 19.6 Å². The minimum absolute atomic E-state index is 0.0370. The first-order valence-electron chi connectivity index (χ1n) is 9.61. The molecule has 4 aromatic rings. The molecule has 0 spiro atoms. The molecule has 8 nitrogen and oxygen atoms in total. The summed E-state index contributed by atoms with van der Waals surface area (Å²) in [6, 6.07) is 14.4. The number of alkyl halides is 3. The van der Waals surface area contributed by atoms with Crippen molar-refractivity contribution in [3.05, 3.63) is 83.7 Å². The number of carbonyl (C=O) groups is 2. The Hall–Kier alpha value is -4.41. The molecule has 2 aromatic heterocycles. The summed E-state index contributed by atoms with van der Waals surface area (Å²) in [5, 5.41) is 10.7. The molecule has 0 radical (unpaired) electrons. The van der Waals surface area contributed by atoms with Gasteiger partial charge in [-0.3, -0.25) is 14.3 Å². The molecule has 4 rings (SSSR count). The molecular weight excluding hydrogens is 437 g/mol. The molecular formula is C22H17F3N6O2. The van der Waals surface area contributed by atoms with Gasteiger partial charge in [0.25, 0.3) is 11.8 Å². The van der Waals surface area contributed by atoms with Crippen molar-refractivity contribution in [2.24, 2.45) is 12.8 Å². The number of nitrogens with one attached hydrogen (secondary N) is 1. The van der Waals surface area contributed by atoms with E-state index in [1.165, 1.54) is 27.7 Å². The van der Waals surface area contributed by atoms with E-state index in [-0.39, 0.29) is 28.3 Å². The highest BCUT2D eigenvalue weighted by Gasteiger charge is 2.34. The highest BCUT2D eigenvalue weighted by molar-refractivity contribution is 6.05. The normalized spacial score (nSPS) is 11.4. The monoisotopic (exact) mass is 454 g/mol. The van der Waals surface area contributed by atoms with E-state index in [1.54, 1.807) is 37.4 Å². The highest BCUT2D eigenvalue weighted by atomic mass is 19.4. The lowest BCUT2D eigenvalue weighted by Gasteiger charge is -2.14. The Morgan fingerprint density at radius 2 is 1.73 bits per heavy atom. The fourth-order valence-corrected chi connectivity index (χ4v) is 3.25. The zero-order chi connectivity index (χ0) is 23.8. The smallest absolute Gasteiger partial charge is 0.364 e. The Kier molecular flexibility index (Phi) is 5.46. The van der Waals surface area contributed by atoms with Gasteiger partial charge in [-0.25, -0.2) is 4.68 Å². The lowest BCUT2D eigenvalue weighted by atomic mass is 10.0. The van der Waals surface area contributed by atoms with Crippen LogP contribution in [0.3, 0.4) is 0 Å². The van der Waals surface area contributed by atoms with Crippen LogP contribution < -0.4 is 11.1 Å². The summed E-state index contributed by atoms with van der Waals surface area (Å²) in [5.41, 5.74) is 4.66. The van der Waals surface area contributed by atoms with Crippen molar-refractivity contribution in [2.75, 3.05) is 5.32 Å². The van der Waals surface area contributed by atoms with Gasteiger partial charge in [-0.2, -0.15) is 23.4 Å². The van der Waals surface area contributed by atoms with Gasteiger partial charge in [-0.15, -0.1) is 0 Å². The third-order valence-corrected chi connectivity index (χ3v) is 4.78. The largest absolute Gasteiger partial charge is 0.417 e. The van der Waals surface area contributed by atoms with Gasteiger partial charge in [0, 0.05) is 30.4 Å². The number of para-hydroxylation sites is 1. The lowest BCUT2D eigenvalue weighted by Crippen LogP contribution is -2.16. The number of anilines is 1. The van der Waals surface area contributed by atoms with Gasteiger partial charge in [0.1, 0.15) is 5.82 Å². The molecule has 11 heteroatoms. The standard InChI is InChI=1S/C22H17F3N6O2/c1-30-10-9-17(28-30)15-11-13(7-8-16(15)22(23,24)25)21(33)27-19-12-18(20(26)32)29-31(19)14-5-3-2-4-6-14/h2-12H,1H3,(H2,26,32)(H,27,33). The van der Waals surface area contributed by atoms with Gasteiger partial charge in [0.05, 0.1) is 16.9 Å². The second-order valence-corrected chi connectivity index (χ2v) is 7.11. The SMILES string of the molecule is Cn1ccc(-c2cc(C(=O)Nc3cc(C(N)=O)nn3-c3ccccc3)ccc2C(F)(F)F)n1. The lowest BCUT2D eigenvalue weighted by molar-refractivity contribution is -0.137. The number of rotatable bonds is 5. The summed E-state index contributed by atoms with van der Waals surface area (Å²) in [6.45, 7) is 0. The molecule has 168 valence electrons. The van der Waals surface area contributed by atoms with Crippen LogP contribution in [0.2, 0.25) is 0 Å². The maximum atomic E-state index is 13.5. The van der Waals surface area contributed by atoms with Crippen LogP contribution in [0.25, 0.3) is 16.9 Å². The number of amides is 2. The van der Waals surface area contributed by atoms with Gasteiger partial charge in [-0.05, 0) is 36.4 Å². The Morgan fingerprint density at radius 1 is 1.00 bits per heavy atom. The van der Waals surface area contributed by atoms with Crippen LogP contribution in [0, 0.1) is 0 Å². The van der Waals surface area contributed by atoms with E-state index in [4.69, 9.17) is 5.73 Å². The molecule has 0 saturated heterocycles. The number of carbonyl (C=O) groups excluding carboxylic acids is 2. The molecule has 2 aromatic carbocycles. The second kappa shape index (κ2) is 8.26. The molecule has 0 atom stereocenters. The Morgan fingerprint density at radius 3 is 2.33 bits per heavy atom. The minimum atomic E-state index is -4.63. The molecule has 0 aliphatic carbocycles. The van der Waals surface area contributed by atoms with E-state index < -0.39 is 23.6 Å². The number of benzene rings is 2. The third kappa shape index (κ3) is 4.47. The third-order valence-electron chi connectivity index (χ3n) is 4.78. The number of primary amides is 1. The predicted molar refractivity (Wildman–Crippen MR) is 114 cm³/mol. The fraction of sp³-hybridized carbons (Fsp3) is 0.0909. The minimum Gasteiger partial charge on any atom is -0.364 e. The van der Waals surface area contributed by atoms with E-state index in [0.717, 1.165) is 18.2 Å². The van der Waals surface area contributed by atoms with Crippen molar-refractivity contribution < 1.29 is 22.8 Å². The van der Waals surface area contributed by atoms with Gasteiger partial charge in [0.15, 0.2) is 5.69 Å². The Balaban J connectivity index is 1.73. The quantitative estimate of drug-likeness (QED) is 0.480. The number of aryl methyl sites for hydroxylation is 1. The van der Waals surface area contributed by atoms with E-state index in [0.29, 0.717) is 5.69 Å². The maximum absolute atomic E-state index is 13.5. The number of aromatic nitrogens is 4. The summed E-state index contributed by atoms with van der Waals surface area (Å²) in [5.74, 6) is -1.37. The van der Waals surface area contributed by atoms with Crippen LogP contribution in [0.15, 0.2) is 66.9 Å². The average molecular weight is 454 g/mol. The molecule has 2 heterocycles. The second-order valence-electron chi connectivity index (χ2n) is 7.11. The fourth-order valence-electron chi connectivity index (χ4n) is 3.25. The first-order chi connectivity index (χ1) is 15.6. The van der Waals surface area contributed by atoms with E-state index >= 15 is 0 Å². The number of nitrogens with two attached hydrogens (primary N) is 1. The molecule has 3 N–H and O–H groups in total. The highest BCUT2D eigenvalue weighted by Crippen LogP contribution is 2.37. The van der Waals surface area contributed by atoms with E-state index in [2.05, 4.69) is 15.5 Å². The molecule has 33 heavy (non-hydrogen) atoms. The van der Waals surface area contributed by atoms with Crippen molar-refractivity contribution >= 4 is 17.6 Å². The number of nitrogens with zero attached hydrogens (tertiary/aromatic N) is 4. The zero-order valence-corrected chi connectivity index (χ0v) is 17.2. The van der Waals surface area contributed by atoms with Crippen LogP contribution in [-0.2, 0) is 13.2 Å². The number of hydrogen-bond acceptors (Lipinski definition) is 4. The molecule has 0 aliphatic rings. The topological polar surface area (TPSA) is 108 Å². The summed E-state index contributed by atoms with van der Waals surface area (Å²) < 4.78 is 43.3. The number of hydrogen-bond donors (Lipinski definition) is 2. The van der Waals surface area contributed by atoms with Gasteiger partial charge >= 0.3 is 6.18 Å². The van der Waals surface area contributed by atoms with Gasteiger partial charge in [0.2, 0.25) is 0 Å². The first-order valence-corrected chi connectivity index (χ1v) is 9.61. The van der Waals surface area contributed by atoms with Crippen LogP contribution >= 0.6 is 0 Å². The van der Waals surface area contributed by atoms with Gasteiger partial charge in [-0.1, -0.05) is 18.2 Å². The molecule has 0 fully saturated rings. The molecule has 0 unspecified atom stereocenters. The summed E-state index contributed by atoms with van der Waals surface area (Å²) in [7, 11) is 1.58.